The normalized spacial score (nSPS) is 15.0. The van der Waals surface area contributed by atoms with Gasteiger partial charge in [-0.1, -0.05) is 24.3 Å². The third kappa shape index (κ3) is 5.16. The highest BCUT2D eigenvalue weighted by molar-refractivity contribution is 7.99. The first-order valence-electron chi connectivity index (χ1n) is 8.29. The first kappa shape index (κ1) is 18.6. The van der Waals surface area contributed by atoms with Gasteiger partial charge in [0.15, 0.2) is 5.96 Å². The number of thioether (sulfide) groups is 1. The summed E-state index contributed by atoms with van der Waals surface area (Å²) < 4.78 is 0.123. The van der Waals surface area contributed by atoms with Crippen LogP contribution in [0.2, 0.25) is 0 Å². The fraction of sp³-hybridized carbons (Fsp3) is 0.556. The molecular weight excluding hydrogens is 320 g/mol. The highest BCUT2D eigenvalue weighted by Gasteiger charge is 2.21. The maximum atomic E-state index is 12.5. The van der Waals surface area contributed by atoms with Gasteiger partial charge in [0.1, 0.15) is 0 Å². The first-order valence-corrected chi connectivity index (χ1v) is 9.52. The van der Waals surface area contributed by atoms with Gasteiger partial charge in [0.05, 0.1) is 6.54 Å². The summed E-state index contributed by atoms with van der Waals surface area (Å²) in [5.74, 6) is 0.777. The standard InChI is InChI=1S/C18H28N4OS/c1-18(2,24-4)13-21-17(19-3)20-11-16(23)22-10-9-14-7-5-6-8-15(14)12-22/h5-8H,9-13H2,1-4H3,(H2,19,20,21). The average molecular weight is 349 g/mol. The number of fused-ring (bicyclic) bond motifs is 1. The lowest BCUT2D eigenvalue weighted by atomic mass is 10.00. The molecule has 0 aliphatic carbocycles. The van der Waals surface area contributed by atoms with Gasteiger partial charge in [-0.05, 0) is 37.7 Å². The van der Waals surface area contributed by atoms with Gasteiger partial charge in [-0.25, -0.2) is 0 Å². The van der Waals surface area contributed by atoms with E-state index in [-0.39, 0.29) is 17.2 Å². The fourth-order valence-corrected chi connectivity index (χ4v) is 2.79. The molecule has 1 aliphatic rings. The summed E-state index contributed by atoms with van der Waals surface area (Å²) in [6.45, 7) is 6.88. The minimum absolute atomic E-state index is 0.108. The van der Waals surface area contributed by atoms with Crippen LogP contribution in [0.3, 0.4) is 0 Å². The summed E-state index contributed by atoms with van der Waals surface area (Å²) in [5.41, 5.74) is 2.60. The average Bonchev–Trinajstić information content (AvgIpc) is 2.61. The molecule has 24 heavy (non-hydrogen) atoms. The van der Waals surface area contributed by atoms with Crippen LogP contribution >= 0.6 is 11.8 Å². The Hall–Kier alpha value is -1.69. The second kappa shape index (κ2) is 8.42. The molecule has 132 valence electrons. The van der Waals surface area contributed by atoms with Gasteiger partial charge < -0.3 is 15.5 Å². The van der Waals surface area contributed by atoms with Crippen molar-refractivity contribution in [2.45, 2.75) is 31.6 Å². The minimum Gasteiger partial charge on any atom is -0.355 e. The topological polar surface area (TPSA) is 56.7 Å². The summed E-state index contributed by atoms with van der Waals surface area (Å²) in [4.78, 5) is 18.6. The Kier molecular flexibility index (Phi) is 6.54. The van der Waals surface area contributed by atoms with E-state index in [1.165, 1.54) is 11.1 Å². The summed E-state index contributed by atoms with van der Waals surface area (Å²) in [7, 11) is 1.73. The molecule has 0 fully saturated rings. The molecule has 2 N–H and O–H groups in total. The second-order valence-electron chi connectivity index (χ2n) is 6.58. The van der Waals surface area contributed by atoms with Crippen LogP contribution in [0.25, 0.3) is 0 Å². The molecule has 0 atom stereocenters. The fourth-order valence-electron chi connectivity index (χ4n) is 2.57. The van der Waals surface area contributed by atoms with E-state index in [0.717, 1.165) is 19.5 Å². The van der Waals surface area contributed by atoms with Crippen LogP contribution in [0, 0.1) is 0 Å². The number of carbonyl (C=O) groups excluding carboxylic acids is 1. The molecule has 1 aromatic rings. The van der Waals surface area contributed by atoms with Crippen LogP contribution < -0.4 is 10.6 Å². The van der Waals surface area contributed by atoms with Crippen molar-refractivity contribution in [3.05, 3.63) is 35.4 Å². The first-order chi connectivity index (χ1) is 11.4. The number of hydrogen-bond acceptors (Lipinski definition) is 3. The van der Waals surface area contributed by atoms with E-state index >= 15 is 0 Å². The summed E-state index contributed by atoms with van der Waals surface area (Å²) in [5, 5.41) is 6.41. The molecule has 0 spiro atoms. The van der Waals surface area contributed by atoms with E-state index < -0.39 is 0 Å². The van der Waals surface area contributed by atoms with Crippen LogP contribution in [0.15, 0.2) is 29.3 Å². The van der Waals surface area contributed by atoms with Crippen molar-refractivity contribution in [2.75, 3.05) is 32.9 Å². The number of nitrogens with one attached hydrogen (secondary N) is 2. The summed E-state index contributed by atoms with van der Waals surface area (Å²) in [6.07, 6.45) is 3.02. The lowest BCUT2D eigenvalue weighted by Crippen LogP contribution is -2.48. The predicted octanol–water partition coefficient (Wildman–Crippen LogP) is 1.88. The van der Waals surface area contributed by atoms with Gasteiger partial charge in [0.2, 0.25) is 5.91 Å². The smallest absolute Gasteiger partial charge is 0.242 e. The van der Waals surface area contributed by atoms with Gasteiger partial charge in [0.25, 0.3) is 0 Å². The van der Waals surface area contributed by atoms with Crippen molar-refractivity contribution in [1.29, 1.82) is 0 Å². The number of rotatable bonds is 5. The number of nitrogens with zero attached hydrogens (tertiary/aromatic N) is 2. The lowest BCUT2D eigenvalue weighted by molar-refractivity contribution is -0.130. The molecule has 0 saturated carbocycles. The molecule has 0 radical (unpaired) electrons. The maximum Gasteiger partial charge on any atom is 0.242 e. The summed E-state index contributed by atoms with van der Waals surface area (Å²) >= 11 is 1.80. The Labute approximate surface area is 149 Å². The van der Waals surface area contributed by atoms with E-state index in [2.05, 4.69) is 53.9 Å². The van der Waals surface area contributed by atoms with E-state index in [4.69, 9.17) is 0 Å². The zero-order chi connectivity index (χ0) is 17.6. The molecular formula is C18H28N4OS. The number of guanidine groups is 1. The number of benzene rings is 1. The maximum absolute atomic E-state index is 12.5. The Morgan fingerprint density at radius 1 is 1.29 bits per heavy atom. The number of hydrogen-bond donors (Lipinski definition) is 2. The lowest BCUT2D eigenvalue weighted by Gasteiger charge is -2.29. The Bertz CT molecular complexity index is 600. The molecule has 6 heteroatoms. The van der Waals surface area contributed by atoms with Crippen molar-refractivity contribution in [1.82, 2.24) is 15.5 Å². The SMILES string of the molecule is CN=C(NCC(=O)N1CCc2ccccc2C1)NCC(C)(C)SC. The Morgan fingerprint density at radius 3 is 2.67 bits per heavy atom. The molecule has 0 aromatic heterocycles. The molecule has 1 aromatic carbocycles. The monoisotopic (exact) mass is 348 g/mol. The third-order valence-corrected chi connectivity index (χ3v) is 5.60. The van der Waals surface area contributed by atoms with Gasteiger partial charge in [-0.15, -0.1) is 0 Å². The number of carbonyl (C=O) groups is 1. The van der Waals surface area contributed by atoms with Crippen molar-refractivity contribution in [2.24, 2.45) is 4.99 Å². The highest BCUT2D eigenvalue weighted by atomic mass is 32.2. The largest absolute Gasteiger partial charge is 0.355 e. The van der Waals surface area contributed by atoms with E-state index in [9.17, 15) is 4.79 Å². The van der Waals surface area contributed by atoms with Gasteiger partial charge in [0, 0.05) is 31.4 Å². The summed E-state index contributed by atoms with van der Waals surface area (Å²) in [6, 6.07) is 8.34. The molecule has 5 nitrogen and oxygen atoms in total. The molecule has 2 rings (SSSR count). The zero-order valence-corrected chi connectivity index (χ0v) is 15.9. The van der Waals surface area contributed by atoms with Crippen LogP contribution in [0.4, 0.5) is 0 Å². The van der Waals surface area contributed by atoms with Gasteiger partial charge in [-0.3, -0.25) is 9.79 Å². The van der Waals surface area contributed by atoms with Crippen molar-refractivity contribution in [3.8, 4) is 0 Å². The van der Waals surface area contributed by atoms with E-state index in [0.29, 0.717) is 12.5 Å². The molecule has 0 unspecified atom stereocenters. The van der Waals surface area contributed by atoms with Gasteiger partial charge >= 0.3 is 0 Å². The quantitative estimate of drug-likeness (QED) is 0.630. The molecule has 1 amide bonds. The molecule has 1 heterocycles. The van der Waals surface area contributed by atoms with Crippen LogP contribution in [0.1, 0.15) is 25.0 Å². The Morgan fingerprint density at radius 2 is 2.00 bits per heavy atom. The Balaban J connectivity index is 1.82. The number of amides is 1. The van der Waals surface area contributed by atoms with Crippen LogP contribution in [-0.4, -0.2) is 54.5 Å². The van der Waals surface area contributed by atoms with E-state index in [1.54, 1.807) is 18.8 Å². The predicted molar refractivity (Wildman–Crippen MR) is 103 cm³/mol. The highest BCUT2D eigenvalue weighted by Crippen LogP contribution is 2.19. The van der Waals surface area contributed by atoms with Crippen LogP contribution in [-0.2, 0) is 17.8 Å². The molecule has 0 saturated heterocycles. The molecule has 1 aliphatic heterocycles. The van der Waals surface area contributed by atoms with Crippen molar-refractivity contribution >= 4 is 23.6 Å². The van der Waals surface area contributed by atoms with Gasteiger partial charge in [-0.2, -0.15) is 11.8 Å². The molecule has 0 bridgehead atoms. The van der Waals surface area contributed by atoms with Crippen molar-refractivity contribution < 1.29 is 4.79 Å². The second-order valence-corrected chi connectivity index (χ2v) is 8.09. The third-order valence-electron chi connectivity index (χ3n) is 4.35. The zero-order valence-electron chi connectivity index (χ0n) is 15.1. The minimum atomic E-state index is 0.108. The number of aliphatic imine (C=N–C) groups is 1. The van der Waals surface area contributed by atoms with Crippen LogP contribution in [0.5, 0.6) is 0 Å². The van der Waals surface area contributed by atoms with E-state index in [1.807, 2.05) is 11.0 Å². The van der Waals surface area contributed by atoms with Crippen molar-refractivity contribution in [3.63, 3.8) is 0 Å².